The fraction of sp³-hybridized carbons (Fsp3) is 0.310. The standard InChI is InChI=1S/C29H31N3O3S2/c1-20-13-15-31(16-14-20)37(34,35)25-11-9-24(10-12-25)28(33)32(19-23-7-5-4-6-8-23)29-30-27-22(3)17-21(2)18-26(27)36-29/h4-12,17-18,20H,13-16,19H2,1-3H3. The Morgan fingerprint density at radius 2 is 1.70 bits per heavy atom. The van der Waals surface area contributed by atoms with Crippen molar-refractivity contribution in [2.75, 3.05) is 18.0 Å². The van der Waals surface area contributed by atoms with E-state index in [0.717, 1.165) is 39.7 Å². The maximum absolute atomic E-state index is 13.8. The van der Waals surface area contributed by atoms with Crippen LogP contribution in [0.5, 0.6) is 0 Å². The number of hydrogen-bond acceptors (Lipinski definition) is 5. The van der Waals surface area contributed by atoms with Crippen molar-refractivity contribution < 1.29 is 13.2 Å². The molecule has 5 rings (SSSR count). The molecule has 6 nitrogen and oxygen atoms in total. The van der Waals surface area contributed by atoms with Gasteiger partial charge in [-0.1, -0.05) is 54.7 Å². The van der Waals surface area contributed by atoms with Gasteiger partial charge in [0, 0.05) is 18.7 Å². The van der Waals surface area contributed by atoms with E-state index in [4.69, 9.17) is 4.98 Å². The third-order valence-electron chi connectivity index (χ3n) is 6.96. The van der Waals surface area contributed by atoms with E-state index in [1.54, 1.807) is 33.5 Å². The lowest BCUT2D eigenvalue weighted by atomic mass is 10.0. The molecule has 1 amide bonds. The molecule has 1 aliphatic heterocycles. The molecule has 0 atom stereocenters. The molecule has 0 radical (unpaired) electrons. The van der Waals surface area contributed by atoms with Crippen LogP contribution in [0.2, 0.25) is 0 Å². The summed E-state index contributed by atoms with van der Waals surface area (Å²) in [5, 5.41) is 0.622. The first-order valence-corrected chi connectivity index (χ1v) is 14.8. The second-order valence-electron chi connectivity index (χ2n) is 9.91. The second kappa shape index (κ2) is 10.4. The molecule has 0 unspecified atom stereocenters. The van der Waals surface area contributed by atoms with Gasteiger partial charge >= 0.3 is 0 Å². The number of piperidine rings is 1. The van der Waals surface area contributed by atoms with Crippen LogP contribution in [0.3, 0.4) is 0 Å². The van der Waals surface area contributed by atoms with Crippen molar-refractivity contribution in [1.29, 1.82) is 0 Å². The van der Waals surface area contributed by atoms with Gasteiger partial charge in [0.25, 0.3) is 5.91 Å². The zero-order valence-electron chi connectivity index (χ0n) is 21.3. The van der Waals surface area contributed by atoms with E-state index in [1.807, 2.05) is 37.3 Å². The number of anilines is 1. The summed E-state index contributed by atoms with van der Waals surface area (Å²) in [7, 11) is -3.58. The van der Waals surface area contributed by atoms with Crippen molar-refractivity contribution in [2.45, 2.75) is 45.1 Å². The minimum atomic E-state index is -3.58. The van der Waals surface area contributed by atoms with Gasteiger partial charge in [-0.15, -0.1) is 0 Å². The molecule has 0 aliphatic carbocycles. The Balaban J connectivity index is 1.47. The van der Waals surface area contributed by atoms with Crippen LogP contribution < -0.4 is 4.90 Å². The van der Waals surface area contributed by atoms with E-state index in [2.05, 4.69) is 26.0 Å². The summed E-state index contributed by atoms with van der Waals surface area (Å²) >= 11 is 1.49. The predicted octanol–water partition coefficient (Wildman–Crippen LogP) is 6.18. The molecule has 4 aromatic rings. The Hall–Kier alpha value is -3.07. The van der Waals surface area contributed by atoms with Crippen LogP contribution in [0.1, 0.15) is 46.8 Å². The molecule has 0 bridgehead atoms. The molecule has 0 saturated carbocycles. The lowest BCUT2D eigenvalue weighted by Crippen LogP contribution is -2.37. The van der Waals surface area contributed by atoms with Crippen LogP contribution in [0.15, 0.2) is 71.6 Å². The first-order chi connectivity index (χ1) is 17.7. The number of amides is 1. The Labute approximate surface area is 222 Å². The molecule has 0 N–H and O–H groups in total. The summed E-state index contributed by atoms with van der Waals surface area (Å²) in [6.45, 7) is 7.67. The molecular weight excluding hydrogens is 502 g/mol. The molecule has 2 heterocycles. The van der Waals surface area contributed by atoms with Crippen molar-refractivity contribution in [1.82, 2.24) is 9.29 Å². The van der Waals surface area contributed by atoms with Crippen LogP contribution in [0.4, 0.5) is 5.13 Å². The number of aryl methyl sites for hydroxylation is 2. The molecule has 1 aromatic heterocycles. The SMILES string of the molecule is Cc1cc(C)c2nc(N(Cc3ccccc3)C(=O)c3ccc(S(=O)(=O)N4CCC(C)CC4)cc3)sc2c1. The summed E-state index contributed by atoms with van der Waals surface area (Å²) in [6.07, 6.45) is 1.73. The van der Waals surface area contributed by atoms with E-state index in [1.165, 1.54) is 11.3 Å². The number of benzene rings is 3. The predicted molar refractivity (Wildman–Crippen MR) is 150 cm³/mol. The summed E-state index contributed by atoms with van der Waals surface area (Å²) < 4.78 is 28.9. The maximum Gasteiger partial charge on any atom is 0.260 e. The highest BCUT2D eigenvalue weighted by molar-refractivity contribution is 7.89. The number of thiazole rings is 1. The zero-order chi connectivity index (χ0) is 26.2. The van der Waals surface area contributed by atoms with Crippen molar-refractivity contribution in [2.24, 2.45) is 5.92 Å². The van der Waals surface area contributed by atoms with Crippen molar-refractivity contribution in [3.8, 4) is 0 Å². The highest BCUT2D eigenvalue weighted by Gasteiger charge is 2.29. The topological polar surface area (TPSA) is 70.6 Å². The third kappa shape index (κ3) is 5.32. The molecule has 192 valence electrons. The normalized spacial score (nSPS) is 15.2. The van der Waals surface area contributed by atoms with E-state index in [9.17, 15) is 13.2 Å². The Morgan fingerprint density at radius 3 is 2.38 bits per heavy atom. The van der Waals surface area contributed by atoms with E-state index >= 15 is 0 Å². The highest BCUT2D eigenvalue weighted by Crippen LogP contribution is 2.33. The number of aromatic nitrogens is 1. The number of carbonyl (C=O) groups is 1. The molecule has 1 saturated heterocycles. The van der Waals surface area contributed by atoms with E-state index < -0.39 is 10.0 Å². The average Bonchev–Trinajstić information content (AvgIpc) is 3.32. The van der Waals surface area contributed by atoms with Gasteiger partial charge in [-0.2, -0.15) is 4.31 Å². The van der Waals surface area contributed by atoms with Gasteiger partial charge in [0.05, 0.1) is 21.7 Å². The van der Waals surface area contributed by atoms with E-state index in [-0.39, 0.29) is 10.8 Å². The summed E-state index contributed by atoms with van der Waals surface area (Å²) in [6, 6.07) is 20.3. The number of sulfonamides is 1. The maximum atomic E-state index is 13.8. The second-order valence-corrected chi connectivity index (χ2v) is 12.9. The van der Waals surface area contributed by atoms with Crippen LogP contribution in [0, 0.1) is 19.8 Å². The van der Waals surface area contributed by atoms with Crippen LogP contribution in [-0.4, -0.2) is 36.7 Å². The molecular formula is C29H31N3O3S2. The highest BCUT2D eigenvalue weighted by atomic mass is 32.2. The van der Waals surface area contributed by atoms with Crippen molar-refractivity contribution in [3.05, 3.63) is 89.0 Å². The van der Waals surface area contributed by atoms with Gasteiger partial charge in [-0.05, 0) is 79.6 Å². The lowest BCUT2D eigenvalue weighted by Gasteiger charge is -2.29. The van der Waals surface area contributed by atoms with Gasteiger partial charge in [-0.25, -0.2) is 13.4 Å². The van der Waals surface area contributed by atoms with Crippen LogP contribution in [-0.2, 0) is 16.6 Å². The summed E-state index contributed by atoms with van der Waals surface area (Å²) in [4.78, 5) is 20.6. The molecule has 37 heavy (non-hydrogen) atoms. The lowest BCUT2D eigenvalue weighted by molar-refractivity contribution is 0.0985. The number of fused-ring (bicyclic) bond motifs is 1. The first-order valence-electron chi connectivity index (χ1n) is 12.6. The quantitative estimate of drug-likeness (QED) is 0.297. The van der Waals surface area contributed by atoms with Gasteiger partial charge in [0.1, 0.15) is 0 Å². The van der Waals surface area contributed by atoms with Gasteiger partial charge < -0.3 is 0 Å². The fourth-order valence-corrected chi connectivity index (χ4v) is 7.38. The number of nitrogens with zero attached hydrogens (tertiary/aromatic N) is 3. The van der Waals surface area contributed by atoms with Crippen molar-refractivity contribution >= 4 is 42.6 Å². The van der Waals surface area contributed by atoms with Gasteiger partial charge in [0.2, 0.25) is 10.0 Å². The average molecular weight is 534 g/mol. The summed E-state index contributed by atoms with van der Waals surface area (Å²) in [5.74, 6) is 0.324. The van der Waals surface area contributed by atoms with Gasteiger partial charge in [0.15, 0.2) is 5.13 Å². The minimum absolute atomic E-state index is 0.215. The fourth-order valence-electron chi connectivity index (χ4n) is 4.77. The number of rotatable bonds is 6. The minimum Gasteiger partial charge on any atom is -0.279 e. The molecule has 3 aromatic carbocycles. The monoisotopic (exact) mass is 533 g/mol. The van der Waals surface area contributed by atoms with Crippen molar-refractivity contribution in [3.63, 3.8) is 0 Å². The summed E-state index contributed by atoms with van der Waals surface area (Å²) in [5.41, 5.74) is 4.54. The van der Waals surface area contributed by atoms with Crippen LogP contribution >= 0.6 is 11.3 Å². The Morgan fingerprint density at radius 1 is 1.03 bits per heavy atom. The molecule has 1 aliphatic rings. The largest absolute Gasteiger partial charge is 0.279 e. The number of hydrogen-bond donors (Lipinski definition) is 0. The Kier molecular flexibility index (Phi) is 7.16. The third-order valence-corrected chi connectivity index (χ3v) is 9.90. The molecule has 1 fully saturated rings. The zero-order valence-corrected chi connectivity index (χ0v) is 23.0. The van der Waals surface area contributed by atoms with Crippen LogP contribution in [0.25, 0.3) is 10.2 Å². The molecule has 8 heteroatoms. The van der Waals surface area contributed by atoms with E-state index in [0.29, 0.717) is 36.2 Å². The Bertz CT molecular complexity index is 1520. The van der Waals surface area contributed by atoms with Gasteiger partial charge in [-0.3, -0.25) is 9.69 Å². The smallest absolute Gasteiger partial charge is 0.260 e. The first kappa shape index (κ1) is 25.6. The number of carbonyl (C=O) groups excluding carboxylic acids is 1. The molecule has 0 spiro atoms.